The number of ketones is 1. The van der Waals surface area contributed by atoms with Crippen LogP contribution in [0.2, 0.25) is 0 Å². The number of hydrogen-bond acceptors (Lipinski definition) is 5. The van der Waals surface area contributed by atoms with Crippen molar-refractivity contribution in [1.82, 2.24) is 9.62 Å². The molecule has 0 saturated carbocycles. The minimum Gasteiger partial charge on any atom is -0.352 e. The summed E-state index contributed by atoms with van der Waals surface area (Å²) in [4.78, 5) is 25.3. The van der Waals surface area contributed by atoms with Gasteiger partial charge in [-0.2, -0.15) is 0 Å². The largest absolute Gasteiger partial charge is 0.352 e. The van der Waals surface area contributed by atoms with E-state index in [0.717, 1.165) is 9.18 Å². The van der Waals surface area contributed by atoms with Gasteiger partial charge < -0.3 is 5.32 Å². The highest BCUT2D eigenvalue weighted by Crippen LogP contribution is 2.17. The minimum absolute atomic E-state index is 0.0352. The molecule has 2 aromatic rings. The van der Waals surface area contributed by atoms with Gasteiger partial charge in [-0.05, 0) is 49.7 Å². The Bertz CT molecular complexity index is 868. The highest BCUT2D eigenvalue weighted by molar-refractivity contribution is 7.89. The molecule has 0 bridgehead atoms. The summed E-state index contributed by atoms with van der Waals surface area (Å²) in [5.74, 6) is -0.231. The first kappa shape index (κ1) is 19.3. The zero-order chi connectivity index (χ0) is 18.6. The van der Waals surface area contributed by atoms with Crippen molar-refractivity contribution in [2.24, 2.45) is 0 Å². The predicted octanol–water partition coefficient (Wildman–Crippen LogP) is 2.17. The first-order valence-corrected chi connectivity index (χ1v) is 9.88. The van der Waals surface area contributed by atoms with Crippen molar-refractivity contribution in [3.05, 3.63) is 51.7 Å². The maximum absolute atomic E-state index is 12.1. The second kappa shape index (κ2) is 7.90. The van der Waals surface area contributed by atoms with E-state index in [1.165, 1.54) is 56.6 Å². The number of thiophene rings is 1. The van der Waals surface area contributed by atoms with Crippen LogP contribution in [0, 0.1) is 0 Å². The Morgan fingerprint density at radius 1 is 1.08 bits per heavy atom. The smallest absolute Gasteiger partial charge is 0.251 e. The molecule has 1 amide bonds. The monoisotopic (exact) mass is 380 g/mol. The summed E-state index contributed by atoms with van der Waals surface area (Å²) >= 11 is 1.42. The van der Waals surface area contributed by atoms with E-state index in [1.54, 1.807) is 6.07 Å². The van der Waals surface area contributed by atoms with Gasteiger partial charge in [-0.3, -0.25) is 9.59 Å². The molecule has 1 aromatic heterocycles. The lowest BCUT2D eigenvalue weighted by molar-refractivity contribution is 0.0953. The first-order valence-electron chi connectivity index (χ1n) is 7.62. The molecule has 8 heteroatoms. The maximum atomic E-state index is 12.1. The molecule has 0 unspecified atom stereocenters. The number of sulfonamides is 1. The Kier molecular flexibility index (Phi) is 6.10. The van der Waals surface area contributed by atoms with E-state index in [-0.39, 0.29) is 16.6 Å². The van der Waals surface area contributed by atoms with Crippen LogP contribution in [-0.2, 0) is 16.4 Å². The lowest BCUT2D eigenvalue weighted by atomic mass is 10.2. The van der Waals surface area contributed by atoms with Gasteiger partial charge in [-0.25, -0.2) is 12.7 Å². The normalized spacial score (nSPS) is 11.5. The molecule has 1 heterocycles. The Hall–Kier alpha value is -2.03. The first-order chi connectivity index (χ1) is 11.7. The molecule has 0 saturated heterocycles. The fourth-order valence-electron chi connectivity index (χ4n) is 2.09. The van der Waals surface area contributed by atoms with Crippen LogP contribution in [-0.4, -0.2) is 45.1 Å². The number of nitrogens with one attached hydrogen (secondary N) is 1. The van der Waals surface area contributed by atoms with E-state index in [2.05, 4.69) is 5.32 Å². The van der Waals surface area contributed by atoms with Gasteiger partial charge in [0.15, 0.2) is 5.78 Å². The average Bonchev–Trinajstić information content (AvgIpc) is 3.04. The second-order valence-electron chi connectivity index (χ2n) is 5.64. The molecule has 0 aliphatic rings. The number of Topliss-reactive ketones (excluding diaryl/α,β-unsaturated/α-hetero) is 1. The molecule has 0 fully saturated rings. The highest BCUT2D eigenvalue weighted by Gasteiger charge is 2.17. The molecule has 0 aliphatic heterocycles. The van der Waals surface area contributed by atoms with Gasteiger partial charge >= 0.3 is 0 Å². The molecule has 1 N–H and O–H groups in total. The Morgan fingerprint density at radius 3 is 2.24 bits per heavy atom. The lowest BCUT2D eigenvalue weighted by Crippen LogP contribution is -2.26. The van der Waals surface area contributed by atoms with Crippen molar-refractivity contribution >= 4 is 33.1 Å². The number of nitrogens with zero attached hydrogens (tertiary/aromatic N) is 1. The third-order valence-corrected chi connectivity index (χ3v) is 6.64. The van der Waals surface area contributed by atoms with Gasteiger partial charge in [-0.1, -0.05) is 0 Å². The van der Waals surface area contributed by atoms with E-state index in [9.17, 15) is 18.0 Å². The quantitative estimate of drug-likeness (QED) is 0.746. The van der Waals surface area contributed by atoms with Gasteiger partial charge in [0.25, 0.3) is 5.91 Å². The van der Waals surface area contributed by atoms with Crippen LogP contribution < -0.4 is 5.32 Å². The van der Waals surface area contributed by atoms with Crippen LogP contribution in [0.5, 0.6) is 0 Å². The third kappa shape index (κ3) is 4.75. The van der Waals surface area contributed by atoms with Crippen LogP contribution in [0.1, 0.15) is 31.8 Å². The molecule has 0 atom stereocenters. The molecule has 0 spiro atoms. The second-order valence-corrected chi connectivity index (χ2v) is 8.96. The third-order valence-electron chi connectivity index (χ3n) is 3.56. The molecule has 134 valence electrons. The zero-order valence-corrected chi connectivity index (χ0v) is 15.9. The summed E-state index contributed by atoms with van der Waals surface area (Å²) in [5.41, 5.74) is 0.397. The van der Waals surface area contributed by atoms with E-state index in [0.29, 0.717) is 23.4 Å². The SMILES string of the molecule is CC(=O)c1ccc(CCNC(=O)c2ccc(S(=O)(=O)N(C)C)cc2)s1. The minimum atomic E-state index is -3.50. The van der Waals surface area contributed by atoms with Crippen LogP contribution >= 0.6 is 11.3 Å². The van der Waals surface area contributed by atoms with E-state index in [1.807, 2.05) is 6.07 Å². The zero-order valence-electron chi connectivity index (χ0n) is 14.3. The molecule has 25 heavy (non-hydrogen) atoms. The number of benzene rings is 1. The van der Waals surface area contributed by atoms with Crippen molar-refractivity contribution in [3.63, 3.8) is 0 Å². The molecule has 2 rings (SSSR count). The van der Waals surface area contributed by atoms with Crippen LogP contribution in [0.15, 0.2) is 41.3 Å². The number of hydrogen-bond donors (Lipinski definition) is 1. The fourth-order valence-corrected chi connectivity index (χ4v) is 3.90. The van der Waals surface area contributed by atoms with Crippen LogP contribution in [0.3, 0.4) is 0 Å². The van der Waals surface area contributed by atoms with Crippen LogP contribution in [0.25, 0.3) is 0 Å². The summed E-state index contributed by atoms with van der Waals surface area (Å²) < 4.78 is 25.1. The molecule has 0 radical (unpaired) electrons. The van der Waals surface area contributed by atoms with Crippen molar-refractivity contribution < 1.29 is 18.0 Å². The number of rotatable bonds is 7. The fraction of sp³-hybridized carbons (Fsp3) is 0.294. The number of amides is 1. The number of carbonyl (C=O) groups excluding carboxylic acids is 2. The Balaban J connectivity index is 1.93. The summed E-state index contributed by atoms with van der Waals surface area (Å²) in [5, 5.41) is 2.79. The molecular weight excluding hydrogens is 360 g/mol. The van der Waals surface area contributed by atoms with Gasteiger partial charge in [0.05, 0.1) is 9.77 Å². The predicted molar refractivity (Wildman–Crippen MR) is 97.7 cm³/mol. The Morgan fingerprint density at radius 2 is 1.72 bits per heavy atom. The van der Waals surface area contributed by atoms with Crippen molar-refractivity contribution in [1.29, 1.82) is 0 Å². The topological polar surface area (TPSA) is 83.5 Å². The Labute approximate surface area is 151 Å². The van der Waals surface area contributed by atoms with Crippen molar-refractivity contribution in [2.45, 2.75) is 18.2 Å². The molecule has 6 nitrogen and oxygen atoms in total. The van der Waals surface area contributed by atoms with Gasteiger partial charge in [0.1, 0.15) is 0 Å². The standard InChI is InChI=1S/C17H20N2O4S2/c1-12(20)16-9-6-14(24-16)10-11-18-17(21)13-4-7-15(8-5-13)25(22,23)19(2)3/h4-9H,10-11H2,1-3H3,(H,18,21). The molecule has 0 aliphatic carbocycles. The molecule has 1 aromatic carbocycles. The summed E-state index contributed by atoms with van der Waals surface area (Å²) in [6.07, 6.45) is 0.636. The van der Waals surface area contributed by atoms with E-state index in [4.69, 9.17) is 0 Å². The van der Waals surface area contributed by atoms with Crippen LogP contribution in [0.4, 0.5) is 0 Å². The number of carbonyl (C=O) groups is 2. The van der Waals surface area contributed by atoms with Crippen molar-refractivity contribution in [3.8, 4) is 0 Å². The maximum Gasteiger partial charge on any atom is 0.251 e. The van der Waals surface area contributed by atoms with Gasteiger partial charge in [-0.15, -0.1) is 11.3 Å². The van der Waals surface area contributed by atoms with E-state index < -0.39 is 10.0 Å². The summed E-state index contributed by atoms with van der Waals surface area (Å²) in [6, 6.07) is 9.49. The lowest BCUT2D eigenvalue weighted by Gasteiger charge is -2.11. The van der Waals surface area contributed by atoms with Gasteiger partial charge in [0, 0.05) is 31.1 Å². The highest BCUT2D eigenvalue weighted by atomic mass is 32.2. The van der Waals surface area contributed by atoms with Gasteiger partial charge in [0.2, 0.25) is 10.0 Å². The van der Waals surface area contributed by atoms with E-state index >= 15 is 0 Å². The molecular formula is C17H20N2O4S2. The summed E-state index contributed by atoms with van der Waals surface area (Å²) in [7, 11) is -0.589. The summed E-state index contributed by atoms with van der Waals surface area (Å²) in [6.45, 7) is 1.96. The van der Waals surface area contributed by atoms with Crippen molar-refractivity contribution in [2.75, 3.05) is 20.6 Å². The average molecular weight is 380 g/mol.